The summed E-state index contributed by atoms with van der Waals surface area (Å²) >= 11 is 0. The highest BCUT2D eigenvalue weighted by molar-refractivity contribution is 6.08. The molecule has 0 saturated carbocycles. The van der Waals surface area contributed by atoms with Crippen LogP contribution in [0.25, 0.3) is 0 Å². The molecule has 8 nitrogen and oxygen atoms in total. The number of allylic oxidation sites excluding steroid dienone is 2. The molecule has 8 heteroatoms. The number of hydrazine groups is 1. The summed E-state index contributed by atoms with van der Waals surface area (Å²) in [6, 6.07) is 9.63. The molecule has 2 heterocycles. The molecule has 0 spiro atoms. The molecule has 3 aliphatic rings. The highest BCUT2D eigenvalue weighted by Gasteiger charge is 2.35. The van der Waals surface area contributed by atoms with Crippen LogP contribution in [0.5, 0.6) is 0 Å². The van der Waals surface area contributed by atoms with Crippen LogP contribution >= 0.6 is 0 Å². The number of amidine groups is 1. The van der Waals surface area contributed by atoms with Gasteiger partial charge in [0.1, 0.15) is 17.6 Å². The number of aliphatic imine (C=N–C) groups is 1. The summed E-state index contributed by atoms with van der Waals surface area (Å²) in [5.74, 6) is -1.06. The van der Waals surface area contributed by atoms with Gasteiger partial charge in [0.2, 0.25) is 0 Å². The first-order chi connectivity index (χ1) is 12.5. The minimum atomic E-state index is -1.10. The number of quaternary nitrogens is 1. The van der Waals surface area contributed by atoms with E-state index >= 15 is 0 Å². The summed E-state index contributed by atoms with van der Waals surface area (Å²) in [5.41, 5.74) is 9.25. The first-order valence-electron chi connectivity index (χ1n) is 8.28. The van der Waals surface area contributed by atoms with Crippen LogP contribution in [0.2, 0.25) is 0 Å². The second-order valence-electron chi connectivity index (χ2n) is 6.16. The van der Waals surface area contributed by atoms with E-state index in [-0.39, 0.29) is 11.4 Å². The van der Waals surface area contributed by atoms with E-state index in [9.17, 15) is 10.0 Å². The van der Waals surface area contributed by atoms with Crippen LogP contribution in [0, 0.1) is 5.21 Å². The van der Waals surface area contributed by atoms with Crippen LogP contribution in [-0.4, -0.2) is 27.4 Å². The Hall–Kier alpha value is -3.23. The minimum Gasteiger partial charge on any atom is -0.593 e. The molecule has 3 N–H and O–H groups in total. The van der Waals surface area contributed by atoms with E-state index in [0.29, 0.717) is 17.8 Å². The Morgan fingerprint density at radius 3 is 2.77 bits per heavy atom. The maximum absolute atomic E-state index is 12.8. The van der Waals surface area contributed by atoms with Gasteiger partial charge >= 0.3 is 5.97 Å². The summed E-state index contributed by atoms with van der Waals surface area (Å²) in [4.78, 5) is 15.6. The van der Waals surface area contributed by atoms with Gasteiger partial charge in [-0.1, -0.05) is 23.3 Å². The topological polar surface area (TPSA) is 109 Å². The summed E-state index contributed by atoms with van der Waals surface area (Å²) in [6.45, 7) is 0. The van der Waals surface area contributed by atoms with Gasteiger partial charge in [0.25, 0.3) is 5.84 Å². The van der Waals surface area contributed by atoms with Gasteiger partial charge < -0.3 is 21.2 Å². The van der Waals surface area contributed by atoms with Crippen molar-refractivity contribution < 1.29 is 14.7 Å². The van der Waals surface area contributed by atoms with Crippen LogP contribution < -0.4 is 10.9 Å². The predicted octanol–water partition coefficient (Wildman–Crippen LogP) is 2.62. The second kappa shape index (κ2) is 6.25. The first-order valence-corrected chi connectivity index (χ1v) is 8.28. The molecule has 0 saturated heterocycles. The number of carbonyl (C=O) groups is 1. The number of anilines is 1. The number of nitrogens with one attached hydrogen (secondary N) is 2. The van der Waals surface area contributed by atoms with Crippen molar-refractivity contribution in [1.29, 1.82) is 0 Å². The Labute approximate surface area is 149 Å². The lowest BCUT2D eigenvalue weighted by molar-refractivity contribution is -0.740. The van der Waals surface area contributed by atoms with Crippen molar-refractivity contribution in [2.45, 2.75) is 19.3 Å². The maximum Gasteiger partial charge on any atom is 0.336 e. The zero-order valence-corrected chi connectivity index (χ0v) is 13.8. The molecule has 2 aliphatic heterocycles. The van der Waals surface area contributed by atoms with E-state index < -0.39 is 10.7 Å². The zero-order valence-electron chi connectivity index (χ0n) is 13.8. The summed E-state index contributed by atoms with van der Waals surface area (Å²) in [7, 11) is 0. The molecule has 0 amide bonds. The molecule has 0 radical (unpaired) electrons. The Bertz CT molecular complexity index is 914. The van der Waals surface area contributed by atoms with E-state index in [4.69, 9.17) is 5.11 Å². The molecule has 0 bridgehead atoms. The molecule has 0 aromatic heterocycles. The monoisotopic (exact) mass is 351 g/mol. The number of hydrogen-bond acceptors (Lipinski definition) is 6. The van der Waals surface area contributed by atoms with Crippen LogP contribution in [-0.2, 0) is 4.79 Å². The molecule has 1 aromatic carbocycles. The lowest BCUT2D eigenvalue weighted by atomic mass is 9.99. The maximum atomic E-state index is 12.8. The van der Waals surface area contributed by atoms with Crippen molar-refractivity contribution in [2.75, 3.05) is 5.43 Å². The molecule has 132 valence electrons. The SMILES string of the molecule is O=C(O)C1=CC2=NC3=C(NNc4ccccc4)CCCC3=N[N+]2([O-])C=C1. The van der Waals surface area contributed by atoms with Crippen molar-refractivity contribution in [3.8, 4) is 0 Å². The number of nitrogens with zero attached hydrogens (tertiary/aromatic N) is 3. The summed E-state index contributed by atoms with van der Waals surface area (Å²) in [6.07, 6.45) is 6.02. The lowest BCUT2D eigenvalue weighted by Gasteiger charge is -2.37. The van der Waals surface area contributed by atoms with Crippen molar-refractivity contribution in [3.05, 3.63) is 70.9 Å². The minimum absolute atomic E-state index is 0.0142. The van der Waals surface area contributed by atoms with Gasteiger partial charge in [0.05, 0.1) is 17.0 Å². The number of para-hydroxylation sites is 1. The molecule has 1 atom stereocenters. The number of benzene rings is 1. The fourth-order valence-corrected chi connectivity index (χ4v) is 3.02. The van der Waals surface area contributed by atoms with Gasteiger partial charge in [-0.2, -0.15) is 9.75 Å². The normalized spacial score (nSPS) is 24.0. The van der Waals surface area contributed by atoms with Crippen LogP contribution in [0.4, 0.5) is 5.69 Å². The zero-order chi connectivity index (χ0) is 18.1. The van der Waals surface area contributed by atoms with E-state index in [1.807, 2.05) is 30.3 Å². The highest BCUT2D eigenvalue weighted by atomic mass is 16.6. The van der Waals surface area contributed by atoms with E-state index in [2.05, 4.69) is 20.9 Å². The quantitative estimate of drug-likeness (QED) is 0.439. The molecule has 26 heavy (non-hydrogen) atoms. The molecule has 1 unspecified atom stereocenters. The third-order valence-electron chi connectivity index (χ3n) is 4.34. The Balaban J connectivity index is 1.68. The van der Waals surface area contributed by atoms with E-state index in [0.717, 1.165) is 24.2 Å². The molecular formula is C18H17N5O3. The standard InChI is InChI=1S/C18H17N5O3/c24-18(25)12-9-10-23(26)16(11-12)19-17-14(7-4-8-15(17)22-23)21-20-13-5-2-1-3-6-13/h1-3,5-6,9-11,20-21H,4,7-8H2,(H,24,25). The van der Waals surface area contributed by atoms with Gasteiger partial charge in [-0.3, -0.25) is 0 Å². The van der Waals surface area contributed by atoms with Crippen molar-refractivity contribution in [2.24, 2.45) is 10.1 Å². The van der Waals surface area contributed by atoms with Crippen LogP contribution in [0.1, 0.15) is 19.3 Å². The number of carboxylic acid groups (broad SMARTS) is 1. The fraction of sp³-hybridized carbons (Fsp3) is 0.167. The summed E-state index contributed by atoms with van der Waals surface area (Å²) < 4.78 is -1.10. The lowest BCUT2D eigenvalue weighted by Crippen LogP contribution is -2.43. The van der Waals surface area contributed by atoms with Gasteiger partial charge in [0.15, 0.2) is 0 Å². The highest BCUT2D eigenvalue weighted by Crippen LogP contribution is 2.31. The first kappa shape index (κ1) is 16.2. The van der Waals surface area contributed by atoms with Gasteiger partial charge in [0, 0.05) is 12.2 Å². The molecule has 1 aromatic rings. The van der Waals surface area contributed by atoms with Crippen molar-refractivity contribution in [3.63, 3.8) is 0 Å². The Kier molecular flexibility index (Phi) is 3.90. The van der Waals surface area contributed by atoms with E-state index in [1.165, 1.54) is 18.4 Å². The molecular weight excluding hydrogens is 334 g/mol. The number of hydrogen-bond donors (Lipinski definition) is 3. The van der Waals surface area contributed by atoms with Crippen LogP contribution in [0.15, 0.2) is 75.7 Å². The largest absolute Gasteiger partial charge is 0.593 e. The summed E-state index contributed by atoms with van der Waals surface area (Å²) in [5, 5.41) is 26.3. The average molecular weight is 351 g/mol. The number of fused-ring (bicyclic) bond motifs is 2. The Morgan fingerprint density at radius 1 is 1.19 bits per heavy atom. The third-order valence-corrected chi connectivity index (χ3v) is 4.34. The molecule has 0 fully saturated rings. The average Bonchev–Trinajstić information content (AvgIpc) is 2.64. The Morgan fingerprint density at radius 2 is 2.00 bits per heavy atom. The molecule has 4 rings (SSSR count). The smallest absolute Gasteiger partial charge is 0.336 e. The number of rotatable bonds is 4. The van der Waals surface area contributed by atoms with Gasteiger partial charge in [-0.15, -0.1) is 0 Å². The van der Waals surface area contributed by atoms with Crippen molar-refractivity contribution >= 4 is 23.2 Å². The number of aliphatic carboxylic acids is 1. The van der Waals surface area contributed by atoms with Crippen LogP contribution in [0.3, 0.4) is 0 Å². The van der Waals surface area contributed by atoms with Gasteiger partial charge in [-0.05, 0) is 31.4 Å². The third kappa shape index (κ3) is 2.92. The predicted molar refractivity (Wildman–Crippen MR) is 97.4 cm³/mol. The van der Waals surface area contributed by atoms with Crippen molar-refractivity contribution in [1.82, 2.24) is 5.43 Å². The molecule has 1 aliphatic carbocycles. The van der Waals surface area contributed by atoms with Gasteiger partial charge in [-0.25, -0.2) is 4.79 Å². The van der Waals surface area contributed by atoms with E-state index in [1.54, 1.807) is 0 Å². The number of hydroxylamine groups is 2. The number of carboxylic acids is 1. The second-order valence-corrected chi connectivity index (χ2v) is 6.16. The fourth-order valence-electron chi connectivity index (χ4n) is 3.02.